The first-order chi connectivity index (χ1) is 14.5. The molecule has 0 aliphatic carbocycles. The minimum atomic E-state index is -0.256. The molecule has 0 spiro atoms. The minimum absolute atomic E-state index is 0.0135. The van der Waals surface area contributed by atoms with E-state index in [0.29, 0.717) is 38.4 Å². The highest BCUT2D eigenvalue weighted by Gasteiger charge is 2.34. The summed E-state index contributed by atoms with van der Waals surface area (Å²) in [6.45, 7) is 5.68. The quantitative estimate of drug-likeness (QED) is 0.675. The summed E-state index contributed by atoms with van der Waals surface area (Å²) in [5, 5.41) is 7.30. The first-order valence-corrected chi connectivity index (χ1v) is 10.2. The van der Waals surface area contributed by atoms with Crippen molar-refractivity contribution in [3.63, 3.8) is 0 Å². The Kier molecular flexibility index (Phi) is 5.76. The highest BCUT2D eigenvalue weighted by Crippen LogP contribution is 2.34. The molecule has 8 heteroatoms. The molecule has 3 aromatic rings. The summed E-state index contributed by atoms with van der Waals surface area (Å²) in [6.07, 6.45) is 4.01. The molecule has 1 aliphatic rings. The number of aryl methyl sites for hydroxylation is 2. The Hall–Kier alpha value is -2.87. The fourth-order valence-corrected chi connectivity index (χ4v) is 4.24. The first-order valence-electron chi connectivity index (χ1n) is 10.2. The fraction of sp³-hybridized carbons (Fsp3) is 0.455. The zero-order valence-electron chi connectivity index (χ0n) is 17.3. The van der Waals surface area contributed by atoms with E-state index in [1.165, 1.54) is 18.5 Å². The molecule has 158 valence electrons. The number of benzene rings is 1. The third-order valence-corrected chi connectivity index (χ3v) is 6.12. The van der Waals surface area contributed by atoms with Crippen LogP contribution >= 0.6 is 0 Å². The van der Waals surface area contributed by atoms with Crippen LogP contribution < -0.4 is 5.32 Å². The smallest absolute Gasteiger partial charge is 0.252 e. The van der Waals surface area contributed by atoms with E-state index in [1.54, 1.807) is 4.52 Å². The van der Waals surface area contributed by atoms with Crippen LogP contribution in [-0.4, -0.2) is 45.2 Å². The van der Waals surface area contributed by atoms with Gasteiger partial charge in [0, 0.05) is 43.0 Å². The van der Waals surface area contributed by atoms with E-state index in [-0.39, 0.29) is 17.1 Å². The molecule has 1 fully saturated rings. The van der Waals surface area contributed by atoms with E-state index in [0.717, 1.165) is 35.4 Å². The average molecular weight is 411 g/mol. The van der Waals surface area contributed by atoms with Gasteiger partial charge in [0.2, 0.25) is 5.91 Å². The highest BCUT2D eigenvalue weighted by molar-refractivity contribution is 5.76. The van der Waals surface area contributed by atoms with Gasteiger partial charge < -0.3 is 10.1 Å². The lowest BCUT2D eigenvalue weighted by molar-refractivity contribution is -0.121. The molecule has 1 N–H and O–H groups in total. The van der Waals surface area contributed by atoms with E-state index in [2.05, 4.69) is 20.4 Å². The number of halogens is 1. The van der Waals surface area contributed by atoms with Crippen LogP contribution in [0.4, 0.5) is 4.39 Å². The van der Waals surface area contributed by atoms with Crippen LogP contribution in [-0.2, 0) is 21.4 Å². The summed E-state index contributed by atoms with van der Waals surface area (Å²) in [7, 11) is 0. The molecule has 0 unspecified atom stereocenters. The van der Waals surface area contributed by atoms with Crippen LogP contribution in [0.2, 0.25) is 0 Å². The fourth-order valence-electron chi connectivity index (χ4n) is 4.24. The molecule has 0 radical (unpaired) electrons. The standard InChI is InChI=1S/C22H26FN5O2/c1-15-19(16(2)28-21(27-15)25-14-26-28)7-8-20(29)24-13-22(9-11-30-12-10-22)17-3-5-18(23)6-4-17/h3-6,14H,7-13H2,1-2H3,(H,24,29). The monoisotopic (exact) mass is 411 g/mol. The molecule has 3 heterocycles. The molecule has 0 saturated carbocycles. The van der Waals surface area contributed by atoms with E-state index >= 15 is 0 Å². The second-order valence-electron chi connectivity index (χ2n) is 7.91. The van der Waals surface area contributed by atoms with Crippen molar-refractivity contribution >= 4 is 11.7 Å². The second kappa shape index (κ2) is 8.47. The van der Waals surface area contributed by atoms with Crippen LogP contribution in [0.15, 0.2) is 30.6 Å². The second-order valence-corrected chi connectivity index (χ2v) is 7.91. The maximum Gasteiger partial charge on any atom is 0.252 e. The highest BCUT2D eigenvalue weighted by atomic mass is 19.1. The number of nitrogens with one attached hydrogen (secondary N) is 1. The van der Waals surface area contributed by atoms with E-state index in [9.17, 15) is 9.18 Å². The molecule has 1 aliphatic heterocycles. The van der Waals surface area contributed by atoms with Crippen molar-refractivity contribution in [3.05, 3.63) is 58.9 Å². The van der Waals surface area contributed by atoms with E-state index in [4.69, 9.17) is 4.74 Å². The summed E-state index contributed by atoms with van der Waals surface area (Å²) < 4.78 is 20.6. The maximum absolute atomic E-state index is 13.4. The van der Waals surface area contributed by atoms with Crippen molar-refractivity contribution < 1.29 is 13.9 Å². The Morgan fingerprint density at radius 3 is 2.70 bits per heavy atom. The number of hydrogen-bond donors (Lipinski definition) is 1. The van der Waals surface area contributed by atoms with Gasteiger partial charge in [0.15, 0.2) is 0 Å². The zero-order valence-corrected chi connectivity index (χ0v) is 17.3. The van der Waals surface area contributed by atoms with Crippen LogP contribution in [0.1, 0.15) is 41.8 Å². The zero-order chi connectivity index (χ0) is 21.1. The number of carbonyl (C=O) groups is 1. The van der Waals surface area contributed by atoms with Crippen molar-refractivity contribution in [2.24, 2.45) is 0 Å². The number of fused-ring (bicyclic) bond motifs is 1. The van der Waals surface area contributed by atoms with Gasteiger partial charge in [-0.25, -0.2) is 13.9 Å². The molecule has 2 aromatic heterocycles. The van der Waals surface area contributed by atoms with Crippen molar-refractivity contribution in [1.29, 1.82) is 0 Å². The number of carbonyl (C=O) groups excluding carboxylic acids is 1. The molecule has 30 heavy (non-hydrogen) atoms. The van der Waals surface area contributed by atoms with Crippen LogP contribution in [0.3, 0.4) is 0 Å². The van der Waals surface area contributed by atoms with Gasteiger partial charge in [-0.3, -0.25) is 4.79 Å². The molecule has 7 nitrogen and oxygen atoms in total. The van der Waals surface area contributed by atoms with Crippen molar-refractivity contribution in [1.82, 2.24) is 24.9 Å². The maximum atomic E-state index is 13.4. The lowest BCUT2D eigenvalue weighted by Crippen LogP contribution is -2.44. The lowest BCUT2D eigenvalue weighted by Gasteiger charge is -2.38. The SMILES string of the molecule is Cc1nc2ncnn2c(C)c1CCC(=O)NCC1(c2ccc(F)cc2)CCOCC1. The number of hydrogen-bond acceptors (Lipinski definition) is 5. The summed E-state index contributed by atoms with van der Waals surface area (Å²) in [4.78, 5) is 21.3. The van der Waals surface area contributed by atoms with Gasteiger partial charge in [-0.1, -0.05) is 12.1 Å². The largest absolute Gasteiger partial charge is 0.381 e. The third-order valence-electron chi connectivity index (χ3n) is 6.12. The topological polar surface area (TPSA) is 81.4 Å². The first kappa shape index (κ1) is 20.4. The average Bonchev–Trinajstić information content (AvgIpc) is 3.22. The van der Waals surface area contributed by atoms with Gasteiger partial charge in [-0.15, -0.1) is 0 Å². The molecule has 1 aromatic carbocycles. The van der Waals surface area contributed by atoms with Gasteiger partial charge in [0.05, 0.1) is 0 Å². The predicted octanol–water partition coefficient (Wildman–Crippen LogP) is 2.68. The van der Waals surface area contributed by atoms with Crippen molar-refractivity contribution in [2.45, 2.75) is 44.9 Å². The van der Waals surface area contributed by atoms with Gasteiger partial charge in [0.25, 0.3) is 5.78 Å². The van der Waals surface area contributed by atoms with Gasteiger partial charge >= 0.3 is 0 Å². The number of ether oxygens (including phenoxy) is 1. The summed E-state index contributed by atoms with van der Waals surface area (Å²) in [6, 6.07) is 6.59. The number of nitrogens with zero attached hydrogens (tertiary/aromatic N) is 4. The van der Waals surface area contributed by atoms with Gasteiger partial charge in [0.1, 0.15) is 12.1 Å². The summed E-state index contributed by atoms with van der Waals surface area (Å²) in [5.74, 6) is 0.299. The van der Waals surface area contributed by atoms with Crippen molar-refractivity contribution in [3.8, 4) is 0 Å². The third kappa shape index (κ3) is 4.05. The molecule has 0 bridgehead atoms. The minimum Gasteiger partial charge on any atom is -0.381 e. The van der Waals surface area contributed by atoms with E-state index in [1.807, 2.05) is 26.0 Å². The molecular formula is C22H26FN5O2. The lowest BCUT2D eigenvalue weighted by atomic mass is 9.74. The Morgan fingerprint density at radius 1 is 1.23 bits per heavy atom. The molecule has 4 rings (SSSR count). The van der Waals surface area contributed by atoms with Crippen LogP contribution in [0.25, 0.3) is 5.78 Å². The molecule has 1 amide bonds. The number of rotatable bonds is 6. The summed E-state index contributed by atoms with van der Waals surface area (Å²) in [5.41, 5.74) is 3.65. The Bertz CT molecular complexity index is 1040. The van der Waals surface area contributed by atoms with Gasteiger partial charge in [-0.2, -0.15) is 10.1 Å². The summed E-state index contributed by atoms with van der Waals surface area (Å²) >= 11 is 0. The van der Waals surface area contributed by atoms with Crippen LogP contribution in [0, 0.1) is 19.7 Å². The number of aromatic nitrogens is 4. The van der Waals surface area contributed by atoms with Crippen molar-refractivity contribution in [2.75, 3.05) is 19.8 Å². The number of amides is 1. The molecule has 1 saturated heterocycles. The molecular weight excluding hydrogens is 385 g/mol. The Labute approximate surface area is 174 Å². The Balaban J connectivity index is 1.43. The predicted molar refractivity (Wildman–Crippen MR) is 110 cm³/mol. The normalized spacial score (nSPS) is 16.0. The Morgan fingerprint density at radius 2 is 1.97 bits per heavy atom. The molecule has 0 atom stereocenters. The van der Waals surface area contributed by atoms with E-state index < -0.39 is 0 Å². The van der Waals surface area contributed by atoms with Gasteiger partial charge in [-0.05, 0) is 56.4 Å². The van der Waals surface area contributed by atoms with Crippen LogP contribution in [0.5, 0.6) is 0 Å².